The van der Waals surface area contributed by atoms with Gasteiger partial charge in [-0.15, -0.1) is 0 Å². The van der Waals surface area contributed by atoms with Crippen molar-refractivity contribution in [2.24, 2.45) is 0 Å². The summed E-state index contributed by atoms with van der Waals surface area (Å²) < 4.78 is 37.3. The number of halogens is 3. The second-order valence-electron chi connectivity index (χ2n) is 3.65. The van der Waals surface area contributed by atoms with E-state index in [9.17, 15) is 13.2 Å². The van der Waals surface area contributed by atoms with Gasteiger partial charge < -0.3 is 4.98 Å². The van der Waals surface area contributed by atoms with Gasteiger partial charge in [0.15, 0.2) is 0 Å². The average molecular weight is 213 g/mol. The van der Waals surface area contributed by atoms with Crippen molar-refractivity contribution >= 4 is 10.9 Å². The lowest BCUT2D eigenvalue weighted by Gasteiger charge is -2.02. The summed E-state index contributed by atoms with van der Waals surface area (Å²) in [6.45, 7) is 3.69. The highest BCUT2D eigenvalue weighted by atomic mass is 19.4. The largest absolute Gasteiger partial charge is 0.431 e. The first kappa shape index (κ1) is 10.1. The van der Waals surface area contributed by atoms with Crippen LogP contribution in [-0.4, -0.2) is 4.98 Å². The summed E-state index contributed by atoms with van der Waals surface area (Å²) in [4.78, 5) is 2.42. The van der Waals surface area contributed by atoms with Gasteiger partial charge in [0.05, 0.1) is 0 Å². The summed E-state index contributed by atoms with van der Waals surface area (Å²) in [6, 6.07) is 4.66. The third kappa shape index (κ3) is 1.60. The molecule has 1 aromatic heterocycles. The number of aryl methyl sites for hydroxylation is 2. The van der Waals surface area contributed by atoms with E-state index in [1.54, 1.807) is 6.07 Å². The van der Waals surface area contributed by atoms with Crippen molar-refractivity contribution in [3.63, 3.8) is 0 Å². The highest BCUT2D eigenvalue weighted by Crippen LogP contribution is 2.32. The zero-order chi connectivity index (χ0) is 11.2. The normalized spacial score (nSPS) is 12.3. The molecule has 1 aromatic carbocycles. The molecule has 80 valence electrons. The number of aromatic amines is 1. The number of nitrogens with one attached hydrogen (secondary N) is 1. The zero-order valence-corrected chi connectivity index (χ0v) is 8.37. The Labute approximate surface area is 84.9 Å². The molecule has 0 amide bonds. The number of alkyl halides is 3. The van der Waals surface area contributed by atoms with Crippen LogP contribution < -0.4 is 0 Å². The molecule has 0 saturated carbocycles. The van der Waals surface area contributed by atoms with Crippen LogP contribution in [-0.2, 0) is 6.18 Å². The van der Waals surface area contributed by atoms with Gasteiger partial charge in [0.25, 0.3) is 0 Å². The molecule has 0 unspecified atom stereocenters. The number of benzene rings is 1. The van der Waals surface area contributed by atoms with Gasteiger partial charge in [-0.05, 0) is 31.0 Å². The van der Waals surface area contributed by atoms with Gasteiger partial charge in [-0.2, -0.15) is 13.2 Å². The lowest BCUT2D eigenvalue weighted by Crippen LogP contribution is -2.04. The second-order valence-corrected chi connectivity index (χ2v) is 3.65. The summed E-state index contributed by atoms with van der Waals surface area (Å²) in [5.74, 6) is 0. The number of fused-ring (bicyclic) bond motifs is 1. The molecular formula is C11H10F3N. The molecule has 0 aliphatic carbocycles. The Morgan fingerprint density at radius 2 is 1.80 bits per heavy atom. The summed E-state index contributed by atoms with van der Waals surface area (Å²) in [6.07, 6.45) is -4.31. The van der Waals surface area contributed by atoms with E-state index >= 15 is 0 Å². The number of rotatable bonds is 0. The number of H-pyrrole nitrogens is 1. The molecule has 1 nitrogen and oxygen atoms in total. The first-order chi connectivity index (χ1) is 6.89. The van der Waals surface area contributed by atoms with Crippen molar-refractivity contribution in [2.45, 2.75) is 20.0 Å². The van der Waals surface area contributed by atoms with Gasteiger partial charge in [-0.1, -0.05) is 12.1 Å². The van der Waals surface area contributed by atoms with E-state index in [-0.39, 0.29) is 0 Å². The highest BCUT2D eigenvalue weighted by molar-refractivity contribution is 5.84. The molecule has 2 aromatic rings. The van der Waals surface area contributed by atoms with E-state index in [4.69, 9.17) is 0 Å². The Morgan fingerprint density at radius 1 is 1.13 bits per heavy atom. The Hall–Kier alpha value is -1.45. The van der Waals surface area contributed by atoms with E-state index in [0.717, 1.165) is 17.2 Å². The fourth-order valence-corrected chi connectivity index (χ4v) is 1.60. The molecule has 0 aliphatic rings. The topological polar surface area (TPSA) is 15.8 Å². The van der Waals surface area contributed by atoms with Crippen molar-refractivity contribution < 1.29 is 13.2 Å². The summed E-state index contributed by atoms with van der Waals surface area (Å²) in [5.41, 5.74) is 1.73. The van der Waals surface area contributed by atoms with Crippen LogP contribution in [0.2, 0.25) is 0 Å². The summed E-state index contributed by atoms with van der Waals surface area (Å²) >= 11 is 0. The van der Waals surface area contributed by atoms with Gasteiger partial charge in [0, 0.05) is 10.9 Å². The zero-order valence-electron chi connectivity index (χ0n) is 8.37. The Kier molecular flexibility index (Phi) is 2.03. The molecule has 15 heavy (non-hydrogen) atoms. The van der Waals surface area contributed by atoms with Gasteiger partial charge >= 0.3 is 6.18 Å². The molecule has 4 heteroatoms. The third-order valence-corrected chi connectivity index (χ3v) is 2.63. The molecule has 0 saturated heterocycles. The molecule has 0 radical (unpaired) electrons. The van der Waals surface area contributed by atoms with E-state index in [2.05, 4.69) is 4.98 Å². The monoisotopic (exact) mass is 213 g/mol. The molecule has 0 atom stereocenters. The van der Waals surface area contributed by atoms with Crippen LogP contribution in [0.4, 0.5) is 13.2 Å². The lowest BCUT2D eigenvalue weighted by molar-refractivity contribution is -0.140. The molecular weight excluding hydrogens is 203 g/mol. The molecule has 0 fully saturated rings. The van der Waals surface area contributed by atoms with Crippen LogP contribution in [0.15, 0.2) is 18.2 Å². The van der Waals surface area contributed by atoms with Gasteiger partial charge in [0.1, 0.15) is 5.69 Å². The van der Waals surface area contributed by atoms with Crippen LogP contribution in [0.1, 0.15) is 16.8 Å². The predicted octanol–water partition coefficient (Wildman–Crippen LogP) is 3.80. The minimum absolute atomic E-state index is 0.572. The third-order valence-electron chi connectivity index (χ3n) is 2.63. The van der Waals surface area contributed by atoms with Crippen molar-refractivity contribution in [3.05, 3.63) is 35.0 Å². The van der Waals surface area contributed by atoms with E-state index in [1.165, 1.54) is 0 Å². The second kappa shape index (κ2) is 3.02. The lowest BCUT2D eigenvalue weighted by atomic mass is 10.1. The van der Waals surface area contributed by atoms with Crippen LogP contribution >= 0.6 is 0 Å². The predicted molar refractivity (Wildman–Crippen MR) is 52.8 cm³/mol. The van der Waals surface area contributed by atoms with Crippen LogP contribution in [0.3, 0.4) is 0 Å². The highest BCUT2D eigenvalue weighted by Gasteiger charge is 2.32. The SMILES string of the molecule is Cc1ccc2cc(C(F)(F)F)[nH]c2c1C. The van der Waals surface area contributed by atoms with Gasteiger partial charge in [-0.3, -0.25) is 0 Å². The molecule has 2 rings (SSSR count). The molecule has 1 heterocycles. The molecule has 0 spiro atoms. The van der Waals surface area contributed by atoms with Crippen molar-refractivity contribution in [3.8, 4) is 0 Å². The maximum absolute atomic E-state index is 12.4. The standard InChI is InChI=1S/C11H10F3N/c1-6-3-4-8-5-9(11(12,13)14)15-10(8)7(6)2/h3-5,15H,1-2H3. The summed E-state index contributed by atoms with van der Waals surface area (Å²) in [7, 11) is 0. The quantitative estimate of drug-likeness (QED) is 0.685. The minimum atomic E-state index is -4.31. The smallest absolute Gasteiger partial charge is 0.351 e. The average Bonchev–Trinajstić information content (AvgIpc) is 2.55. The Morgan fingerprint density at radius 3 is 2.40 bits per heavy atom. The van der Waals surface area contributed by atoms with E-state index in [0.29, 0.717) is 10.9 Å². The first-order valence-corrected chi connectivity index (χ1v) is 4.55. The van der Waals surface area contributed by atoms with Crippen molar-refractivity contribution in [1.82, 2.24) is 4.98 Å². The van der Waals surface area contributed by atoms with Crippen LogP contribution in [0.25, 0.3) is 10.9 Å². The fourth-order valence-electron chi connectivity index (χ4n) is 1.60. The van der Waals surface area contributed by atoms with Gasteiger partial charge in [-0.25, -0.2) is 0 Å². The van der Waals surface area contributed by atoms with E-state index in [1.807, 2.05) is 19.9 Å². The Balaban J connectivity index is 2.72. The van der Waals surface area contributed by atoms with Crippen LogP contribution in [0, 0.1) is 13.8 Å². The minimum Gasteiger partial charge on any atom is -0.351 e. The van der Waals surface area contributed by atoms with Gasteiger partial charge in [0.2, 0.25) is 0 Å². The molecule has 1 N–H and O–H groups in total. The molecule has 0 bridgehead atoms. The fraction of sp³-hybridized carbons (Fsp3) is 0.273. The first-order valence-electron chi connectivity index (χ1n) is 4.55. The number of aromatic nitrogens is 1. The maximum Gasteiger partial charge on any atom is 0.431 e. The number of hydrogen-bond donors (Lipinski definition) is 1. The van der Waals surface area contributed by atoms with Crippen molar-refractivity contribution in [2.75, 3.05) is 0 Å². The Bertz CT molecular complexity index is 508. The van der Waals surface area contributed by atoms with Crippen LogP contribution in [0.5, 0.6) is 0 Å². The van der Waals surface area contributed by atoms with Crippen molar-refractivity contribution in [1.29, 1.82) is 0 Å². The maximum atomic E-state index is 12.4. The number of hydrogen-bond acceptors (Lipinski definition) is 0. The summed E-state index contributed by atoms with van der Waals surface area (Å²) in [5, 5.41) is 0.602. The molecule has 0 aliphatic heterocycles. The van der Waals surface area contributed by atoms with E-state index < -0.39 is 11.9 Å².